The molecule has 2 heterocycles. The van der Waals surface area contributed by atoms with Crippen LogP contribution in [0.5, 0.6) is 17.5 Å². The van der Waals surface area contributed by atoms with Gasteiger partial charge in [-0.3, -0.25) is 0 Å². The average Bonchev–Trinajstić information content (AvgIpc) is 2.92. The molecule has 3 rings (SSSR count). The highest BCUT2D eigenvalue weighted by molar-refractivity contribution is 6.36. The summed E-state index contributed by atoms with van der Waals surface area (Å²) in [5.74, 6) is -1.07. The van der Waals surface area contributed by atoms with Gasteiger partial charge in [0.1, 0.15) is 5.56 Å². The van der Waals surface area contributed by atoms with Gasteiger partial charge >= 0.3 is 6.16 Å². The van der Waals surface area contributed by atoms with Gasteiger partial charge in [0.05, 0.1) is 18.3 Å². The lowest BCUT2D eigenvalue weighted by Crippen LogP contribution is -2.07. The van der Waals surface area contributed by atoms with Crippen molar-refractivity contribution in [2.45, 2.75) is 0 Å². The van der Waals surface area contributed by atoms with Gasteiger partial charge in [0.15, 0.2) is 5.75 Å². The van der Waals surface area contributed by atoms with E-state index < -0.39 is 17.9 Å². The molecule has 3 aromatic rings. The van der Waals surface area contributed by atoms with E-state index >= 15 is 0 Å². The van der Waals surface area contributed by atoms with Crippen molar-refractivity contribution in [3.05, 3.63) is 34.4 Å². The minimum Gasteiger partial charge on any atom is -0.493 e. The molecule has 10 heteroatoms. The first-order valence-electron chi connectivity index (χ1n) is 6.43. The minimum atomic E-state index is -0.990. The summed E-state index contributed by atoms with van der Waals surface area (Å²) in [5.41, 5.74) is 0.178. The first-order valence-corrected chi connectivity index (χ1v) is 7.19. The van der Waals surface area contributed by atoms with Crippen LogP contribution in [0.3, 0.4) is 0 Å². The van der Waals surface area contributed by atoms with Crippen LogP contribution in [0.1, 0.15) is 0 Å². The number of aromatic hydroxyl groups is 2. The van der Waals surface area contributed by atoms with Crippen molar-refractivity contribution in [2.24, 2.45) is 0 Å². The second-order valence-electron chi connectivity index (χ2n) is 4.56. The van der Waals surface area contributed by atoms with E-state index in [-0.39, 0.29) is 22.0 Å². The molecule has 2 N–H and O–H groups in total. The zero-order chi connectivity index (χ0) is 17.4. The Labute approximate surface area is 144 Å². The minimum absolute atomic E-state index is 0.0446. The van der Waals surface area contributed by atoms with E-state index in [1.54, 1.807) is 6.07 Å². The molecule has 0 amide bonds. The van der Waals surface area contributed by atoms with E-state index in [0.29, 0.717) is 10.6 Å². The summed E-state index contributed by atoms with van der Waals surface area (Å²) in [6.45, 7) is 0. The molecule has 0 fully saturated rings. The van der Waals surface area contributed by atoms with Crippen molar-refractivity contribution in [1.82, 2.24) is 14.6 Å². The van der Waals surface area contributed by atoms with Gasteiger partial charge in [-0.2, -0.15) is 14.6 Å². The predicted molar refractivity (Wildman–Crippen MR) is 84.8 cm³/mol. The molecular formula is C14H9Cl2N3O5. The summed E-state index contributed by atoms with van der Waals surface area (Å²) >= 11 is 11.9. The molecule has 0 aliphatic carbocycles. The average molecular weight is 370 g/mol. The van der Waals surface area contributed by atoms with Crippen molar-refractivity contribution >= 4 is 35.0 Å². The summed E-state index contributed by atoms with van der Waals surface area (Å²) in [6.07, 6.45) is 0.154. The molecule has 0 aliphatic heterocycles. The Morgan fingerprint density at radius 2 is 2.04 bits per heavy atom. The second-order valence-corrected chi connectivity index (χ2v) is 5.40. The normalized spacial score (nSPS) is 10.8. The van der Waals surface area contributed by atoms with E-state index in [9.17, 15) is 15.0 Å². The van der Waals surface area contributed by atoms with E-state index in [1.165, 1.54) is 12.1 Å². The molecule has 0 atom stereocenters. The number of benzene rings is 1. The maximum absolute atomic E-state index is 11.2. The predicted octanol–water partition coefficient (Wildman–Crippen LogP) is 3.26. The van der Waals surface area contributed by atoms with Crippen LogP contribution in [0.25, 0.3) is 16.8 Å². The van der Waals surface area contributed by atoms with Crippen molar-refractivity contribution < 1.29 is 24.5 Å². The highest BCUT2D eigenvalue weighted by atomic mass is 35.5. The Kier molecular flexibility index (Phi) is 4.08. The zero-order valence-electron chi connectivity index (χ0n) is 12.0. The van der Waals surface area contributed by atoms with Crippen LogP contribution >= 0.6 is 23.2 Å². The van der Waals surface area contributed by atoms with Crippen LogP contribution in [0, 0.1) is 0 Å². The molecule has 2 aromatic heterocycles. The highest BCUT2D eigenvalue weighted by Crippen LogP contribution is 2.41. The third-order valence-electron chi connectivity index (χ3n) is 3.13. The number of hydrogen-bond donors (Lipinski definition) is 2. The largest absolute Gasteiger partial charge is 0.513 e. The number of carbonyl (C=O) groups excluding carboxylic acids is 1. The van der Waals surface area contributed by atoms with Crippen LogP contribution in [-0.2, 0) is 4.74 Å². The van der Waals surface area contributed by atoms with Gasteiger partial charge in [-0.05, 0) is 12.1 Å². The Morgan fingerprint density at radius 3 is 2.71 bits per heavy atom. The van der Waals surface area contributed by atoms with Crippen LogP contribution < -0.4 is 4.74 Å². The molecule has 0 bridgehead atoms. The number of hydrogen-bond acceptors (Lipinski definition) is 7. The molecule has 124 valence electrons. The van der Waals surface area contributed by atoms with Crippen LogP contribution in [0.4, 0.5) is 4.79 Å². The number of nitrogens with zero attached hydrogens (tertiary/aromatic N) is 3. The fourth-order valence-corrected chi connectivity index (χ4v) is 2.59. The maximum Gasteiger partial charge on any atom is 0.513 e. The quantitative estimate of drug-likeness (QED) is 0.667. The Bertz CT molecular complexity index is 957. The van der Waals surface area contributed by atoms with Gasteiger partial charge in [0.2, 0.25) is 17.4 Å². The first kappa shape index (κ1) is 16.2. The number of ether oxygens (including phenoxy) is 2. The van der Waals surface area contributed by atoms with E-state index in [4.69, 9.17) is 27.9 Å². The highest BCUT2D eigenvalue weighted by Gasteiger charge is 2.22. The molecular weight excluding hydrogens is 361 g/mol. The molecule has 0 radical (unpaired) electrons. The Morgan fingerprint density at radius 1 is 1.29 bits per heavy atom. The second kappa shape index (κ2) is 6.06. The van der Waals surface area contributed by atoms with Crippen molar-refractivity contribution in [3.63, 3.8) is 0 Å². The summed E-state index contributed by atoms with van der Waals surface area (Å²) in [5, 5.41) is 25.1. The van der Waals surface area contributed by atoms with E-state index in [0.717, 1.165) is 17.8 Å². The smallest absolute Gasteiger partial charge is 0.493 e. The number of carbonyl (C=O) groups is 1. The van der Waals surface area contributed by atoms with Gasteiger partial charge in [0.25, 0.3) is 0 Å². The van der Waals surface area contributed by atoms with Gasteiger partial charge in [0, 0.05) is 10.6 Å². The van der Waals surface area contributed by atoms with Crippen LogP contribution in [0.15, 0.2) is 24.4 Å². The lowest BCUT2D eigenvalue weighted by atomic mass is 10.1. The molecule has 8 nitrogen and oxygen atoms in total. The SMILES string of the molecule is COC(=O)Oc1cnn2c(O)c(-c3ccc(Cl)cc3Cl)c(O)nc12. The molecule has 0 aliphatic rings. The third-order valence-corrected chi connectivity index (χ3v) is 3.68. The molecule has 0 unspecified atom stereocenters. The first-order chi connectivity index (χ1) is 11.4. The standard InChI is InChI=1S/C14H9Cl2N3O5/c1-23-14(22)24-9-5-17-19-11(9)18-12(20)10(13(19)21)7-3-2-6(15)4-8(7)16/h2-5,21H,1H3,(H,18,20). The molecule has 24 heavy (non-hydrogen) atoms. The fourth-order valence-electron chi connectivity index (χ4n) is 2.08. The molecule has 1 aromatic carbocycles. The Balaban J connectivity index is 2.20. The molecule has 0 saturated carbocycles. The topological polar surface area (TPSA) is 106 Å². The number of fused-ring (bicyclic) bond motifs is 1. The monoisotopic (exact) mass is 369 g/mol. The van der Waals surface area contributed by atoms with Gasteiger partial charge < -0.3 is 19.7 Å². The van der Waals surface area contributed by atoms with Crippen LogP contribution in [0.2, 0.25) is 10.0 Å². The lowest BCUT2D eigenvalue weighted by molar-refractivity contribution is 0.122. The Hall–Kier alpha value is -2.71. The van der Waals surface area contributed by atoms with Gasteiger partial charge in [-0.15, -0.1) is 0 Å². The summed E-state index contributed by atoms with van der Waals surface area (Å²) in [7, 11) is 1.14. The van der Waals surface area contributed by atoms with E-state index in [1.807, 2.05) is 0 Å². The van der Waals surface area contributed by atoms with Crippen molar-refractivity contribution in [1.29, 1.82) is 0 Å². The number of halogens is 2. The molecule has 0 spiro atoms. The van der Waals surface area contributed by atoms with Crippen molar-refractivity contribution in [2.75, 3.05) is 7.11 Å². The maximum atomic E-state index is 11.2. The fraction of sp³-hybridized carbons (Fsp3) is 0.0714. The van der Waals surface area contributed by atoms with Crippen LogP contribution in [-0.4, -0.2) is 38.1 Å². The zero-order valence-corrected chi connectivity index (χ0v) is 13.5. The summed E-state index contributed by atoms with van der Waals surface area (Å²) < 4.78 is 10.2. The lowest BCUT2D eigenvalue weighted by Gasteiger charge is -2.10. The number of methoxy groups -OCH3 is 1. The van der Waals surface area contributed by atoms with Crippen molar-refractivity contribution in [3.8, 4) is 28.6 Å². The number of rotatable bonds is 2. The van der Waals surface area contributed by atoms with Gasteiger partial charge in [-0.25, -0.2) is 4.79 Å². The van der Waals surface area contributed by atoms with E-state index in [2.05, 4.69) is 14.8 Å². The van der Waals surface area contributed by atoms with Gasteiger partial charge in [-0.1, -0.05) is 29.3 Å². The number of aromatic nitrogens is 3. The molecule has 0 saturated heterocycles. The summed E-state index contributed by atoms with van der Waals surface area (Å²) in [4.78, 5) is 15.1. The summed E-state index contributed by atoms with van der Waals surface area (Å²) in [6, 6.07) is 4.51. The third kappa shape index (κ3) is 2.66.